The molecule has 0 unspecified atom stereocenters. The van der Waals surface area contributed by atoms with Gasteiger partial charge in [-0.05, 0) is 57.3 Å². The van der Waals surface area contributed by atoms with Crippen LogP contribution >= 0.6 is 0 Å². The van der Waals surface area contributed by atoms with Crippen LogP contribution in [-0.4, -0.2) is 29.6 Å². The maximum Gasteiger partial charge on any atom is 0.0840 e. The Hall–Kier alpha value is -0.860. The summed E-state index contributed by atoms with van der Waals surface area (Å²) in [6, 6.07) is 8.37. The highest BCUT2D eigenvalue weighted by atomic mass is 16.3. The van der Waals surface area contributed by atoms with Crippen LogP contribution in [-0.2, 0) is 12.0 Å². The lowest BCUT2D eigenvalue weighted by atomic mass is 9.97. The predicted molar refractivity (Wildman–Crippen MR) is 71.1 cm³/mol. The number of hydrogen-bond donors (Lipinski definition) is 1. The topological polar surface area (TPSA) is 23.5 Å². The summed E-state index contributed by atoms with van der Waals surface area (Å²) in [5.74, 6) is 0. The van der Waals surface area contributed by atoms with E-state index in [-0.39, 0.29) is 0 Å². The van der Waals surface area contributed by atoms with Crippen molar-refractivity contribution in [1.82, 2.24) is 4.90 Å². The van der Waals surface area contributed by atoms with E-state index in [9.17, 15) is 5.11 Å². The largest absolute Gasteiger partial charge is 0.386 e. The molecule has 1 N–H and O–H groups in total. The van der Waals surface area contributed by atoms with Gasteiger partial charge in [-0.25, -0.2) is 0 Å². The Labute approximate surface area is 104 Å². The summed E-state index contributed by atoms with van der Waals surface area (Å²) in [5.41, 5.74) is 1.63. The molecular formula is C15H23NO. The first kappa shape index (κ1) is 12.6. The monoisotopic (exact) mass is 233 g/mol. The van der Waals surface area contributed by atoms with Crippen LogP contribution in [0.15, 0.2) is 24.3 Å². The summed E-state index contributed by atoms with van der Waals surface area (Å²) < 4.78 is 0. The van der Waals surface area contributed by atoms with Crippen molar-refractivity contribution in [1.29, 1.82) is 0 Å². The summed E-state index contributed by atoms with van der Waals surface area (Å²) in [7, 11) is 0. The van der Waals surface area contributed by atoms with Crippen molar-refractivity contribution in [2.45, 2.75) is 38.7 Å². The second kappa shape index (κ2) is 5.19. The highest BCUT2D eigenvalue weighted by molar-refractivity contribution is 5.26. The molecule has 0 bridgehead atoms. The Morgan fingerprint density at radius 3 is 2.24 bits per heavy atom. The second-order valence-electron chi connectivity index (χ2n) is 5.55. The van der Waals surface area contributed by atoms with Crippen molar-refractivity contribution in [3.05, 3.63) is 35.4 Å². The third-order valence-corrected chi connectivity index (χ3v) is 3.58. The smallest absolute Gasteiger partial charge is 0.0840 e. The average molecular weight is 233 g/mol. The van der Waals surface area contributed by atoms with Crippen LogP contribution in [0.3, 0.4) is 0 Å². The molecule has 1 heterocycles. The van der Waals surface area contributed by atoms with Crippen molar-refractivity contribution in [2.75, 3.05) is 19.6 Å². The summed E-state index contributed by atoms with van der Waals surface area (Å²) in [5, 5.41) is 9.87. The van der Waals surface area contributed by atoms with Crippen molar-refractivity contribution in [2.24, 2.45) is 0 Å². The Morgan fingerprint density at radius 1 is 1.12 bits per heavy atom. The van der Waals surface area contributed by atoms with E-state index in [0.29, 0.717) is 0 Å². The molecule has 1 aliphatic heterocycles. The van der Waals surface area contributed by atoms with E-state index in [0.717, 1.165) is 12.0 Å². The Kier molecular flexibility index (Phi) is 3.85. The molecule has 0 aromatic heterocycles. The number of hydrogen-bond acceptors (Lipinski definition) is 2. The minimum absolute atomic E-state index is 0.729. The van der Waals surface area contributed by atoms with E-state index in [1.807, 2.05) is 26.0 Å². The van der Waals surface area contributed by atoms with Gasteiger partial charge in [-0.1, -0.05) is 24.3 Å². The number of aliphatic hydroxyl groups is 1. The molecular weight excluding hydrogens is 210 g/mol. The molecule has 17 heavy (non-hydrogen) atoms. The molecule has 1 saturated heterocycles. The highest BCUT2D eigenvalue weighted by Crippen LogP contribution is 2.20. The normalized spacial score (nSPS) is 17.6. The predicted octanol–water partition coefficient (Wildman–Crippen LogP) is 2.55. The SMILES string of the molecule is CC(C)(O)c1ccc(CCN2CCCC2)cc1. The van der Waals surface area contributed by atoms with E-state index in [1.165, 1.54) is 38.0 Å². The van der Waals surface area contributed by atoms with Crippen LogP contribution in [0.5, 0.6) is 0 Å². The third-order valence-electron chi connectivity index (χ3n) is 3.58. The molecule has 0 aliphatic carbocycles. The quantitative estimate of drug-likeness (QED) is 0.864. The summed E-state index contributed by atoms with van der Waals surface area (Å²) in [4.78, 5) is 2.53. The van der Waals surface area contributed by atoms with Crippen LogP contribution in [0.1, 0.15) is 37.8 Å². The van der Waals surface area contributed by atoms with E-state index in [1.54, 1.807) is 0 Å². The highest BCUT2D eigenvalue weighted by Gasteiger charge is 2.15. The fraction of sp³-hybridized carbons (Fsp3) is 0.600. The molecule has 1 aromatic carbocycles. The van der Waals surface area contributed by atoms with E-state index in [2.05, 4.69) is 17.0 Å². The molecule has 1 fully saturated rings. The van der Waals surface area contributed by atoms with Crippen molar-refractivity contribution in [3.8, 4) is 0 Å². The first-order valence-corrected chi connectivity index (χ1v) is 6.60. The van der Waals surface area contributed by atoms with Crippen LogP contribution in [0.2, 0.25) is 0 Å². The molecule has 1 aromatic rings. The van der Waals surface area contributed by atoms with Gasteiger partial charge in [-0.2, -0.15) is 0 Å². The number of likely N-dealkylation sites (tertiary alicyclic amines) is 1. The molecule has 0 amide bonds. The molecule has 2 rings (SSSR count). The van der Waals surface area contributed by atoms with Crippen LogP contribution in [0.4, 0.5) is 0 Å². The lowest BCUT2D eigenvalue weighted by Gasteiger charge is -2.18. The van der Waals surface area contributed by atoms with Gasteiger partial charge in [0.05, 0.1) is 5.60 Å². The zero-order chi connectivity index (χ0) is 12.3. The molecule has 1 aliphatic rings. The molecule has 0 radical (unpaired) electrons. The van der Waals surface area contributed by atoms with Gasteiger partial charge in [-0.15, -0.1) is 0 Å². The molecule has 2 heteroatoms. The summed E-state index contributed by atoms with van der Waals surface area (Å²) >= 11 is 0. The number of benzene rings is 1. The van der Waals surface area contributed by atoms with Crippen molar-refractivity contribution >= 4 is 0 Å². The molecule has 0 saturated carbocycles. The van der Waals surface area contributed by atoms with Gasteiger partial charge in [0, 0.05) is 6.54 Å². The number of rotatable bonds is 4. The summed E-state index contributed by atoms with van der Waals surface area (Å²) in [6.07, 6.45) is 3.83. The van der Waals surface area contributed by atoms with Crippen LogP contribution in [0, 0.1) is 0 Å². The van der Waals surface area contributed by atoms with Gasteiger partial charge in [0.25, 0.3) is 0 Å². The van der Waals surface area contributed by atoms with Gasteiger partial charge in [0.15, 0.2) is 0 Å². The molecule has 2 nitrogen and oxygen atoms in total. The maximum absolute atomic E-state index is 9.87. The second-order valence-corrected chi connectivity index (χ2v) is 5.55. The minimum atomic E-state index is -0.729. The lowest BCUT2D eigenvalue weighted by molar-refractivity contribution is 0.0786. The minimum Gasteiger partial charge on any atom is -0.386 e. The standard InChI is InChI=1S/C15H23NO/c1-15(2,17)14-7-5-13(6-8-14)9-12-16-10-3-4-11-16/h5-8,17H,3-4,9-12H2,1-2H3. The van der Waals surface area contributed by atoms with Gasteiger partial charge in [0.2, 0.25) is 0 Å². The third kappa shape index (κ3) is 3.55. The fourth-order valence-electron chi connectivity index (χ4n) is 2.37. The Bertz CT molecular complexity index is 344. The van der Waals surface area contributed by atoms with E-state index < -0.39 is 5.60 Å². The van der Waals surface area contributed by atoms with Gasteiger partial charge < -0.3 is 10.0 Å². The first-order chi connectivity index (χ1) is 8.05. The molecule has 0 atom stereocenters. The zero-order valence-electron chi connectivity index (χ0n) is 10.9. The van der Waals surface area contributed by atoms with Gasteiger partial charge in [0.1, 0.15) is 0 Å². The van der Waals surface area contributed by atoms with Crippen molar-refractivity contribution < 1.29 is 5.11 Å². The van der Waals surface area contributed by atoms with Crippen LogP contribution in [0.25, 0.3) is 0 Å². The Morgan fingerprint density at radius 2 is 1.71 bits per heavy atom. The van der Waals surface area contributed by atoms with Crippen LogP contribution < -0.4 is 0 Å². The average Bonchev–Trinajstić information content (AvgIpc) is 2.78. The molecule has 94 valence electrons. The van der Waals surface area contributed by atoms with E-state index >= 15 is 0 Å². The Balaban J connectivity index is 1.89. The van der Waals surface area contributed by atoms with Crippen molar-refractivity contribution in [3.63, 3.8) is 0 Å². The number of nitrogens with zero attached hydrogens (tertiary/aromatic N) is 1. The van der Waals surface area contributed by atoms with Gasteiger partial charge in [-0.3, -0.25) is 0 Å². The maximum atomic E-state index is 9.87. The van der Waals surface area contributed by atoms with E-state index in [4.69, 9.17) is 0 Å². The first-order valence-electron chi connectivity index (χ1n) is 6.60. The zero-order valence-corrected chi connectivity index (χ0v) is 10.9. The summed E-state index contributed by atoms with van der Waals surface area (Å²) in [6.45, 7) is 7.35. The lowest BCUT2D eigenvalue weighted by Crippen LogP contribution is -2.22. The molecule has 0 spiro atoms. The fourth-order valence-corrected chi connectivity index (χ4v) is 2.37. The van der Waals surface area contributed by atoms with Gasteiger partial charge >= 0.3 is 0 Å².